The molecule has 1 aliphatic rings. The average molecular weight is 337 g/mol. The van der Waals surface area contributed by atoms with Gasteiger partial charge in [0.2, 0.25) is 10.0 Å². The van der Waals surface area contributed by atoms with Gasteiger partial charge in [-0.1, -0.05) is 35.9 Å². The Balaban J connectivity index is 1.73. The molecule has 0 spiro atoms. The van der Waals surface area contributed by atoms with Gasteiger partial charge in [0.25, 0.3) is 0 Å². The number of rotatable bonds is 3. The predicted octanol–water partition coefficient (Wildman–Crippen LogP) is 2.85. The van der Waals surface area contributed by atoms with Crippen LogP contribution in [0.15, 0.2) is 59.5 Å². The van der Waals surface area contributed by atoms with E-state index in [0.29, 0.717) is 31.2 Å². The summed E-state index contributed by atoms with van der Waals surface area (Å²) in [7, 11) is -3.47. The van der Waals surface area contributed by atoms with Crippen molar-refractivity contribution in [1.29, 1.82) is 0 Å². The number of benzene rings is 2. The topological polar surface area (TPSA) is 40.6 Å². The highest BCUT2D eigenvalue weighted by Crippen LogP contribution is 2.22. The van der Waals surface area contributed by atoms with Crippen molar-refractivity contribution in [2.24, 2.45) is 0 Å². The molecule has 1 fully saturated rings. The summed E-state index contributed by atoms with van der Waals surface area (Å²) in [5.41, 5.74) is 1.13. The zero-order chi connectivity index (χ0) is 15.6. The van der Waals surface area contributed by atoms with Crippen LogP contribution in [0.25, 0.3) is 0 Å². The number of piperazine rings is 1. The molecule has 2 aromatic carbocycles. The van der Waals surface area contributed by atoms with Crippen LogP contribution >= 0.6 is 11.6 Å². The van der Waals surface area contributed by atoms with Crippen LogP contribution in [0.2, 0.25) is 5.02 Å². The van der Waals surface area contributed by atoms with Crippen molar-refractivity contribution < 1.29 is 8.42 Å². The average Bonchev–Trinajstić information content (AvgIpc) is 2.56. The highest BCUT2D eigenvalue weighted by atomic mass is 35.5. The molecule has 0 bridgehead atoms. The van der Waals surface area contributed by atoms with Crippen LogP contribution < -0.4 is 4.90 Å². The smallest absolute Gasteiger partial charge is 0.243 e. The zero-order valence-electron chi connectivity index (χ0n) is 12.0. The van der Waals surface area contributed by atoms with Crippen LogP contribution in [-0.4, -0.2) is 38.9 Å². The van der Waals surface area contributed by atoms with Crippen molar-refractivity contribution in [2.75, 3.05) is 31.1 Å². The summed E-state index contributed by atoms with van der Waals surface area (Å²) in [6.45, 7) is 2.32. The van der Waals surface area contributed by atoms with E-state index in [2.05, 4.69) is 4.90 Å². The molecule has 0 aromatic heterocycles. The maximum Gasteiger partial charge on any atom is 0.243 e. The van der Waals surface area contributed by atoms with Gasteiger partial charge in [-0.25, -0.2) is 8.42 Å². The molecule has 2 aromatic rings. The first-order valence-corrected chi connectivity index (χ1v) is 8.95. The molecule has 0 amide bonds. The fraction of sp³-hybridized carbons (Fsp3) is 0.250. The van der Waals surface area contributed by atoms with E-state index in [0.717, 1.165) is 5.69 Å². The standard InChI is InChI=1S/C16H17ClN2O2S/c17-14-5-4-8-16(13-14)22(20,21)19-11-9-18(10-12-19)15-6-2-1-3-7-15/h1-8,13H,9-12H2. The highest BCUT2D eigenvalue weighted by Gasteiger charge is 2.28. The van der Waals surface area contributed by atoms with Gasteiger partial charge >= 0.3 is 0 Å². The second-order valence-electron chi connectivity index (χ2n) is 5.18. The summed E-state index contributed by atoms with van der Waals surface area (Å²) in [6.07, 6.45) is 0. The SMILES string of the molecule is O=S(=O)(c1cccc(Cl)c1)N1CCN(c2ccccc2)CC1. The van der Waals surface area contributed by atoms with Gasteiger partial charge in [-0.2, -0.15) is 4.31 Å². The van der Waals surface area contributed by atoms with E-state index < -0.39 is 10.0 Å². The highest BCUT2D eigenvalue weighted by molar-refractivity contribution is 7.89. The van der Waals surface area contributed by atoms with Crippen LogP contribution in [0.3, 0.4) is 0 Å². The van der Waals surface area contributed by atoms with Crippen molar-refractivity contribution in [3.05, 3.63) is 59.6 Å². The third-order valence-electron chi connectivity index (χ3n) is 3.79. The summed E-state index contributed by atoms with van der Waals surface area (Å²) < 4.78 is 26.8. The van der Waals surface area contributed by atoms with Gasteiger partial charge in [-0.15, -0.1) is 0 Å². The predicted molar refractivity (Wildman–Crippen MR) is 88.9 cm³/mol. The molecule has 0 unspecified atom stereocenters. The first kappa shape index (κ1) is 15.3. The molecule has 0 saturated carbocycles. The lowest BCUT2D eigenvalue weighted by Crippen LogP contribution is -2.48. The van der Waals surface area contributed by atoms with Crippen LogP contribution in [0, 0.1) is 0 Å². The number of sulfonamides is 1. The number of hydrogen-bond donors (Lipinski definition) is 0. The first-order chi connectivity index (χ1) is 10.6. The van der Waals surface area contributed by atoms with Crippen LogP contribution in [0.1, 0.15) is 0 Å². The fourth-order valence-corrected chi connectivity index (χ4v) is 4.33. The Kier molecular flexibility index (Phi) is 4.38. The lowest BCUT2D eigenvalue weighted by molar-refractivity contribution is 0.385. The molecule has 1 saturated heterocycles. The second-order valence-corrected chi connectivity index (χ2v) is 7.56. The van der Waals surface area contributed by atoms with Crippen LogP contribution in [-0.2, 0) is 10.0 Å². The van der Waals surface area contributed by atoms with E-state index in [1.807, 2.05) is 30.3 Å². The molecule has 0 radical (unpaired) electrons. The van der Waals surface area contributed by atoms with E-state index in [9.17, 15) is 8.42 Å². The Morgan fingerprint density at radius 3 is 2.18 bits per heavy atom. The van der Waals surface area contributed by atoms with Crippen molar-refractivity contribution >= 4 is 27.3 Å². The van der Waals surface area contributed by atoms with Gasteiger partial charge in [0.1, 0.15) is 0 Å². The van der Waals surface area contributed by atoms with E-state index in [4.69, 9.17) is 11.6 Å². The minimum Gasteiger partial charge on any atom is -0.369 e. The summed E-state index contributed by atoms with van der Waals surface area (Å²) in [5, 5.41) is 0.434. The molecular weight excluding hydrogens is 320 g/mol. The molecule has 0 N–H and O–H groups in total. The van der Waals surface area contributed by atoms with Crippen molar-refractivity contribution in [1.82, 2.24) is 4.31 Å². The van der Waals surface area contributed by atoms with Crippen molar-refractivity contribution in [2.45, 2.75) is 4.90 Å². The first-order valence-electron chi connectivity index (χ1n) is 7.13. The molecule has 22 heavy (non-hydrogen) atoms. The van der Waals surface area contributed by atoms with E-state index in [1.165, 1.54) is 10.4 Å². The Morgan fingerprint density at radius 2 is 1.55 bits per heavy atom. The minimum absolute atomic E-state index is 0.258. The molecule has 0 aliphatic carbocycles. The molecule has 3 rings (SSSR count). The van der Waals surface area contributed by atoms with Gasteiger partial charge in [-0.05, 0) is 30.3 Å². The van der Waals surface area contributed by atoms with E-state index in [1.54, 1.807) is 18.2 Å². The Bertz CT molecular complexity index is 742. The molecule has 116 valence electrons. The quantitative estimate of drug-likeness (QED) is 0.865. The van der Waals surface area contributed by atoms with Crippen molar-refractivity contribution in [3.63, 3.8) is 0 Å². The van der Waals surface area contributed by atoms with Gasteiger partial charge < -0.3 is 4.90 Å². The fourth-order valence-electron chi connectivity index (χ4n) is 2.60. The third kappa shape index (κ3) is 3.11. The summed E-state index contributed by atoms with van der Waals surface area (Å²) >= 11 is 5.90. The molecule has 1 heterocycles. The second kappa shape index (κ2) is 6.28. The molecular formula is C16H17ClN2O2S. The molecule has 1 aliphatic heterocycles. The molecule has 0 atom stereocenters. The summed E-state index contributed by atoms with van der Waals surface area (Å²) in [5.74, 6) is 0. The maximum absolute atomic E-state index is 12.6. The largest absolute Gasteiger partial charge is 0.369 e. The number of hydrogen-bond acceptors (Lipinski definition) is 3. The van der Waals surface area contributed by atoms with E-state index in [-0.39, 0.29) is 4.90 Å². The van der Waals surface area contributed by atoms with Crippen LogP contribution in [0.4, 0.5) is 5.69 Å². The molecule has 6 heteroatoms. The van der Waals surface area contributed by atoms with Gasteiger partial charge in [0.05, 0.1) is 4.90 Å². The van der Waals surface area contributed by atoms with Crippen molar-refractivity contribution in [3.8, 4) is 0 Å². The Hall–Kier alpha value is -1.56. The number of anilines is 1. The lowest BCUT2D eigenvalue weighted by Gasteiger charge is -2.35. The van der Waals surface area contributed by atoms with Crippen LogP contribution in [0.5, 0.6) is 0 Å². The Labute approximate surface area is 136 Å². The van der Waals surface area contributed by atoms with Gasteiger partial charge in [-0.3, -0.25) is 0 Å². The number of halogens is 1. The maximum atomic E-state index is 12.6. The lowest BCUT2D eigenvalue weighted by atomic mass is 10.2. The monoisotopic (exact) mass is 336 g/mol. The molecule has 4 nitrogen and oxygen atoms in total. The number of para-hydroxylation sites is 1. The summed E-state index contributed by atoms with van der Waals surface area (Å²) in [4.78, 5) is 2.46. The third-order valence-corrected chi connectivity index (χ3v) is 5.92. The minimum atomic E-state index is -3.47. The number of nitrogens with zero attached hydrogens (tertiary/aromatic N) is 2. The Morgan fingerprint density at radius 1 is 0.864 bits per heavy atom. The van der Waals surface area contributed by atoms with Gasteiger partial charge in [0.15, 0.2) is 0 Å². The summed E-state index contributed by atoms with van der Waals surface area (Å²) in [6, 6.07) is 16.5. The normalized spacial score (nSPS) is 16.7. The van der Waals surface area contributed by atoms with E-state index >= 15 is 0 Å². The zero-order valence-corrected chi connectivity index (χ0v) is 13.6. The van der Waals surface area contributed by atoms with Gasteiger partial charge in [0, 0.05) is 36.9 Å².